The number of hydrogen-bond donors (Lipinski definition) is 2. The lowest BCUT2D eigenvalue weighted by molar-refractivity contribution is -0.117. The van der Waals surface area contributed by atoms with Crippen LogP contribution in [-0.4, -0.2) is 17.4 Å². The van der Waals surface area contributed by atoms with Crippen LogP contribution in [0.5, 0.6) is 0 Å². The molecule has 0 saturated carbocycles. The van der Waals surface area contributed by atoms with Crippen LogP contribution >= 0.6 is 0 Å². The van der Waals surface area contributed by atoms with E-state index in [1.165, 1.54) is 12.3 Å². The van der Waals surface area contributed by atoms with Crippen LogP contribution in [0, 0.1) is 11.7 Å². The number of aromatic nitrogens is 1. The quantitative estimate of drug-likeness (QED) is 0.798. The second-order valence-corrected chi connectivity index (χ2v) is 3.62. The molecule has 1 atom stereocenters. The predicted octanol–water partition coefficient (Wildman–Crippen LogP) is 1.53. The van der Waals surface area contributed by atoms with Crippen molar-refractivity contribution in [1.29, 1.82) is 0 Å². The molecule has 1 heterocycles. The third-order valence-electron chi connectivity index (χ3n) is 2.43. The van der Waals surface area contributed by atoms with E-state index in [2.05, 4.69) is 10.3 Å². The van der Waals surface area contributed by atoms with Crippen LogP contribution in [0.1, 0.15) is 19.8 Å². The van der Waals surface area contributed by atoms with E-state index in [1.54, 1.807) is 0 Å². The average Bonchev–Trinajstić information content (AvgIpc) is 2.29. The van der Waals surface area contributed by atoms with Gasteiger partial charge in [-0.05, 0) is 18.5 Å². The van der Waals surface area contributed by atoms with Gasteiger partial charge in [0.1, 0.15) is 0 Å². The second kappa shape index (κ2) is 6.17. The summed E-state index contributed by atoms with van der Waals surface area (Å²) in [5.74, 6) is -0.607. The molecule has 0 aliphatic heterocycles. The molecule has 0 aromatic carbocycles. The summed E-state index contributed by atoms with van der Waals surface area (Å²) in [7, 11) is 0. The van der Waals surface area contributed by atoms with Gasteiger partial charge < -0.3 is 11.1 Å². The first-order chi connectivity index (χ1) is 7.67. The van der Waals surface area contributed by atoms with Crippen LogP contribution in [-0.2, 0) is 4.79 Å². The molecule has 88 valence electrons. The van der Waals surface area contributed by atoms with Crippen LogP contribution in [0.4, 0.5) is 10.1 Å². The molecule has 0 fully saturated rings. The van der Waals surface area contributed by atoms with E-state index < -0.39 is 5.82 Å². The number of pyridine rings is 1. The molecule has 5 heteroatoms. The zero-order chi connectivity index (χ0) is 12.0. The Kier molecular flexibility index (Phi) is 4.85. The van der Waals surface area contributed by atoms with Gasteiger partial charge in [0, 0.05) is 12.6 Å². The van der Waals surface area contributed by atoms with Crippen molar-refractivity contribution in [3.63, 3.8) is 0 Å². The normalized spacial score (nSPS) is 12.2. The molecule has 4 nitrogen and oxygen atoms in total. The number of hydrogen-bond acceptors (Lipinski definition) is 3. The maximum atomic E-state index is 13.1. The second-order valence-electron chi connectivity index (χ2n) is 3.62. The summed E-state index contributed by atoms with van der Waals surface area (Å²) < 4.78 is 13.1. The van der Waals surface area contributed by atoms with Crippen molar-refractivity contribution in [3.05, 3.63) is 24.3 Å². The highest BCUT2D eigenvalue weighted by Crippen LogP contribution is 2.13. The summed E-state index contributed by atoms with van der Waals surface area (Å²) in [6.45, 7) is 2.43. The monoisotopic (exact) mass is 225 g/mol. The Balaban J connectivity index is 2.55. The van der Waals surface area contributed by atoms with Crippen molar-refractivity contribution in [3.8, 4) is 0 Å². The van der Waals surface area contributed by atoms with Crippen molar-refractivity contribution >= 4 is 11.6 Å². The van der Waals surface area contributed by atoms with Crippen molar-refractivity contribution in [2.45, 2.75) is 19.8 Å². The predicted molar refractivity (Wildman–Crippen MR) is 60.3 cm³/mol. The third-order valence-corrected chi connectivity index (χ3v) is 2.43. The number of carbonyl (C=O) groups is 1. The minimum atomic E-state index is -0.531. The summed E-state index contributed by atoms with van der Waals surface area (Å²) in [6, 6.07) is 1.43. The van der Waals surface area contributed by atoms with Gasteiger partial charge in [-0.3, -0.25) is 9.78 Å². The summed E-state index contributed by atoms with van der Waals surface area (Å²) >= 11 is 0. The summed E-state index contributed by atoms with van der Waals surface area (Å²) in [5.41, 5.74) is 5.65. The fourth-order valence-corrected chi connectivity index (χ4v) is 1.33. The average molecular weight is 225 g/mol. The highest BCUT2D eigenvalue weighted by Gasteiger charge is 2.12. The molecule has 0 spiro atoms. The zero-order valence-corrected chi connectivity index (χ0v) is 9.24. The summed E-state index contributed by atoms with van der Waals surface area (Å²) in [5, 5.41) is 2.50. The number of anilines is 1. The molecule has 0 aliphatic rings. The van der Waals surface area contributed by atoms with Crippen LogP contribution in [0.15, 0.2) is 18.5 Å². The number of nitrogens with two attached hydrogens (primary N) is 1. The van der Waals surface area contributed by atoms with E-state index in [4.69, 9.17) is 5.73 Å². The molecule has 0 aliphatic carbocycles. The minimum Gasteiger partial charge on any atom is -0.330 e. The number of carbonyl (C=O) groups excluding carboxylic acids is 1. The Morgan fingerprint density at radius 3 is 3.00 bits per heavy atom. The Bertz CT molecular complexity index is 353. The van der Waals surface area contributed by atoms with Gasteiger partial charge in [-0.1, -0.05) is 13.3 Å². The molecular weight excluding hydrogens is 209 g/mol. The molecule has 0 radical (unpaired) electrons. The lowest BCUT2D eigenvalue weighted by atomic mass is 10.0. The van der Waals surface area contributed by atoms with Crippen LogP contribution in [0.25, 0.3) is 0 Å². The van der Waals surface area contributed by atoms with E-state index in [0.717, 1.165) is 12.6 Å². The SMILES string of the molecule is CCC(CN)CC(=O)Nc1ccncc1F. The Morgan fingerprint density at radius 2 is 2.44 bits per heavy atom. The van der Waals surface area contributed by atoms with Gasteiger partial charge in [0.05, 0.1) is 11.9 Å². The van der Waals surface area contributed by atoms with E-state index in [1.807, 2.05) is 6.92 Å². The van der Waals surface area contributed by atoms with Gasteiger partial charge in [-0.2, -0.15) is 0 Å². The Hall–Kier alpha value is -1.49. The largest absolute Gasteiger partial charge is 0.330 e. The minimum absolute atomic E-state index is 0.143. The maximum absolute atomic E-state index is 13.1. The molecular formula is C11H16FN3O. The molecule has 1 rings (SSSR count). The van der Waals surface area contributed by atoms with Gasteiger partial charge in [0.2, 0.25) is 5.91 Å². The Labute approximate surface area is 94.1 Å². The van der Waals surface area contributed by atoms with Crippen molar-refractivity contribution in [1.82, 2.24) is 4.98 Å². The first-order valence-electron chi connectivity index (χ1n) is 5.26. The van der Waals surface area contributed by atoms with Gasteiger partial charge in [-0.25, -0.2) is 4.39 Å². The number of amides is 1. The lowest BCUT2D eigenvalue weighted by Gasteiger charge is -2.12. The lowest BCUT2D eigenvalue weighted by Crippen LogP contribution is -2.22. The summed E-state index contributed by atoms with van der Waals surface area (Å²) in [4.78, 5) is 15.1. The van der Waals surface area contributed by atoms with Crippen LogP contribution in [0.2, 0.25) is 0 Å². The fraction of sp³-hybridized carbons (Fsp3) is 0.455. The number of nitrogens with zero attached hydrogens (tertiary/aromatic N) is 1. The topological polar surface area (TPSA) is 68.0 Å². The Morgan fingerprint density at radius 1 is 1.69 bits per heavy atom. The van der Waals surface area contributed by atoms with Crippen LogP contribution in [0.3, 0.4) is 0 Å². The van der Waals surface area contributed by atoms with E-state index in [-0.39, 0.29) is 17.5 Å². The first kappa shape index (κ1) is 12.6. The highest BCUT2D eigenvalue weighted by atomic mass is 19.1. The van der Waals surface area contributed by atoms with Crippen molar-refractivity contribution in [2.75, 3.05) is 11.9 Å². The standard InChI is InChI=1S/C11H16FN3O/c1-2-8(6-13)5-11(16)15-10-3-4-14-7-9(10)12/h3-4,7-8H,2,5-6,13H2,1H3,(H,14,15,16). The van der Waals surface area contributed by atoms with E-state index in [0.29, 0.717) is 13.0 Å². The zero-order valence-electron chi connectivity index (χ0n) is 9.24. The van der Waals surface area contributed by atoms with Crippen molar-refractivity contribution in [2.24, 2.45) is 11.7 Å². The smallest absolute Gasteiger partial charge is 0.224 e. The number of rotatable bonds is 5. The molecule has 16 heavy (non-hydrogen) atoms. The van der Waals surface area contributed by atoms with E-state index >= 15 is 0 Å². The highest BCUT2D eigenvalue weighted by molar-refractivity contribution is 5.90. The molecule has 0 bridgehead atoms. The molecule has 0 saturated heterocycles. The van der Waals surface area contributed by atoms with E-state index in [9.17, 15) is 9.18 Å². The first-order valence-corrected chi connectivity index (χ1v) is 5.26. The van der Waals surface area contributed by atoms with Crippen molar-refractivity contribution < 1.29 is 9.18 Å². The number of nitrogens with one attached hydrogen (secondary N) is 1. The number of halogens is 1. The molecule has 1 aromatic heterocycles. The maximum Gasteiger partial charge on any atom is 0.224 e. The van der Waals surface area contributed by atoms with Gasteiger partial charge >= 0.3 is 0 Å². The van der Waals surface area contributed by atoms with Crippen LogP contribution < -0.4 is 11.1 Å². The molecule has 1 aromatic rings. The molecule has 3 N–H and O–H groups in total. The summed E-state index contributed by atoms with van der Waals surface area (Å²) in [6.07, 6.45) is 3.65. The fourth-order valence-electron chi connectivity index (χ4n) is 1.33. The van der Waals surface area contributed by atoms with Gasteiger partial charge in [0.15, 0.2) is 5.82 Å². The van der Waals surface area contributed by atoms with Gasteiger partial charge in [0.25, 0.3) is 0 Å². The van der Waals surface area contributed by atoms with Gasteiger partial charge in [-0.15, -0.1) is 0 Å². The molecule has 1 unspecified atom stereocenters. The molecule has 1 amide bonds. The third kappa shape index (κ3) is 3.58.